The molecule has 9 nitrogen and oxygen atoms in total. The molecule has 1 aliphatic rings. The van der Waals surface area contributed by atoms with Crippen molar-refractivity contribution in [3.05, 3.63) is 17.5 Å². The normalized spacial score (nSPS) is 16.2. The summed E-state index contributed by atoms with van der Waals surface area (Å²) in [5.74, 6) is 2.55. The first-order valence-corrected chi connectivity index (χ1v) is 10.00. The van der Waals surface area contributed by atoms with Gasteiger partial charge in [0.25, 0.3) is 10.2 Å². The Labute approximate surface area is 153 Å². The summed E-state index contributed by atoms with van der Waals surface area (Å²) in [6, 6.07) is 1.95. The minimum absolute atomic E-state index is 0.212. The number of hydrogen-bond acceptors (Lipinski definition) is 6. The molecule has 26 heavy (non-hydrogen) atoms. The van der Waals surface area contributed by atoms with E-state index in [0.717, 1.165) is 30.0 Å². The van der Waals surface area contributed by atoms with Gasteiger partial charge in [0.15, 0.2) is 5.82 Å². The Kier molecular flexibility index (Phi) is 4.62. The molecule has 3 N–H and O–H groups in total. The SMILES string of the molecule is COc1cc(C)c2c(N3CC(C(C)(C)CNS(N)(=O)=O)C3)nc(C)nn12. The molecule has 10 heteroatoms. The van der Waals surface area contributed by atoms with Crippen molar-refractivity contribution >= 4 is 21.5 Å². The molecule has 0 aliphatic carbocycles. The summed E-state index contributed by atoms with van der Waals surface area (Å²) in [6.07, 6.45) is 0. The molecule has 0 bridgehead atoms. The van der Waals surface area contributed by atoms with Crippen molar-refractivity contribution in [3.63, 3.8) is 0 Å². The fourth-order valence-electron chi connectivity index (χ4n) is 3.28. The summed E-state index contributed by atoms with van der Waals surface area (Å²) < 4.78 is 31.9. The van der Waals surface area contributed by atoms with Gasteiger partial charge in [-0.2, -0.15) is 12.9 Å². The maximum Gasteiger partial charge on any atom is 0.274 e. The van der Waals surface area contributed by atoms with Crippen LogP contribution in [0.15, 0.2) is 6.07 Å². The van der Waals surface area contributed by atoms with Crippen molar-refractivity contribution < 1.29 is 13.2 Å². The van der Waals surface area contributed by atoms with Crippen LogP contribution in [0, 0.1) is 25.2 Å². The number of ether oxygens (including phenoxy) is 1. The van der Waals surface area contributed by atoms with Crippen molar-refractivity contribution in [2.75, 3.05) is 31.6 Å². The molecule has 3 heterocycles. The predicted molar refractivity (Wildman–Crippen MR) is 99.6 cm³/mol. The van der Waals surface area contributed by atoms with Crippen LogP contribution < -0.4 is 19.5 Å². The van der Waals surface area contributed by atoms with Crippen LogP contribution in [0.1, 0.15) is 25.2 Å². The van der Waals surface area contributed by atoms with Crippen LogP contribution in [0.3, 0.4) is 0 Å². The lowest BCUT2D eigenvalue weighted by molar-refractivity contribution is 0.174. The summed E-state index contributed by atoms with van der Waals surface area (Å²) in [7, 11) is -2.06. The number of fused-ring (bicyclic) bond motifs is 1. The Morgan fingerprint density at radius 3 is 2.62 bits per heavy atom. The molecule has 0 atom stereocenters. The molecule has 144 valence electrons. The van der Waals surface area contributed by atoms with Gasteiger partial charge in [-0.1, -0.05) is 13.8 Å². The van der Waals surface area contributed by atoms with Gasteiger partial charge in [0.1, 0.15) is 11.3 Å². The maximum atomic E-state index is 11.2. The van der Waals surface area contributed by atoms with Crippen molar-refractivity contribution in [1.29, 1.82) is 0 Å². The molecule has 0 unspecified atom stereocenters. The number of nitrogens with two attached hydrogens (primary N) is 1. The van der Waals surface area contributed by atoms with Gasteiger partial charge in [0.05, 0.1) is 7.11 Å². The topological polar surface area (TPSA) is 115 Å². The van der Waals surface area contributed by atoms with E-state index in [1.807, 2.05) is 33.8 Å². The molecule has 0 aromatic carbocycles. The first-order valence-electron chi connectivity index (χ1n) is 8.45. The summed E-state index contributed by atoms with van der Waals surface area (Å²) >= 11 is 0. The van der Waals surface area contributed by atoms with Crippen LogP contribution in [0.5, 0.6) is 5.88 Å². The first-order chi connectivity index (χ1) is 12.0. The lowest BCUT2D eigenvalue weighted by Gasteiger charge is -2.48. The van der Waals surface area contributed by atoms with Gasteiger partial charge in [-0.3, -0.25) is 0 Å². The molecule has 2 aromatic rings. The molecule has 0 radical (unpaired) electrons. The minimum Gasteiger partial charge on any atom is -0.481 e. The molecule has 2 aromatic heterocycles. The Morgan fingerprint density at radius 1 is 1.38 bits per heavy atom. The second-order valence-electron chi connectivity index (χ2n) is 7.57. The van der Waals surface area contributed by atoms with E-state index in [4.69, 9.17) is 9.88 Å². The zero-order valence-corrected chi connectivity index (χ0v) is 16.6. The first kappa shape index (κ1) is 18.9. The van der Waals surface area contributed by atoms with Gasteiger partial charge in [0.2, 0.25) is 5.88 Å². The van der Waals surface area contributed by atoms with Gasteiger partial charge >= 0.3 is 0 Å². The van der Waals surface area contributed by atoms with Crippen LogP contribution in [0.25, 0.3) is 5.52 Å². The van der Waals surface area contributed by atoms with E-state index in [9.17, 15) is 8.42 Å². The second kappa shape index (κ2) is 6.36. The fourth-order valence-corrected chi connectivity index (χ4v) is 3.85. The Balaban J connectivity index is 1.82. The number of nitrogens with one attached hydrogen (secondary N) is 1. The quantitative estimate of drug-likeness (QED) is 0.756. The largest absolute Gasteiger partial charge is 0.481 e. The minimum atomic E-state index is -3.68. The third kappa shape index (κ3) is 3.49. The Bertz CT molecular complexity index is 931. The lowest BCUT2D eigenvalue weighted by atomic mass is 9.74. The Hall–Kier alpha value is -1.91. The van der Waals surface area contributed by atoms with Crippen molar-refractivity contribution in [2.24, 2.45) is 16.5 Å². The third-order valence-electron chi connectivity index (χ3n) is 5.08. The highest BCUT2D eigenvalue weighted by Crippen LogP contribution is 2.38. The van der Waals surface area contributed by atoms with Crippen LogP contribution in [0.2, 0.25) is 0 Å². The average molecular weight is 382 g/mol. The molecule has 1 aliphatic heterocycles. The summed E-state index contributed by atoms with van der Waals surface area (Å²) in [5.41, 5.74) is 1.78. The monoisotopic (exact) mass is 382 g/mol. The van der Waals surface area contributed by atoms with E-state index < -0.39 is 10.2 Å². The predicted octanol–water partition coefficient (Wildman–Crippen LogP) is 0.610. The highest BCUT2D eigenvalue weighted by atomic mass is 32.2. The second-order valence-corrected chi connectivity index (χ2v) is 8.95. The third-order valence-corrected chi connectivity index (χ3v) is 5.63. The van der Waals surface area contributed by atoms with E-state index in [1.54, 1.807) is 11.6 Å². The van der Waals surface area contributed by atoms with E-state index in [2.05, 4.69) is 19.7 Å². The van der Waals surface area contributed by atoms with Crippen molar-refractivity contribution in [3.8, 4) is 5.88 Å². The van der Waals surface area contributed by atoms with E-state index >= 15 is 0 Å². The number of anilines is 1. The molecule has 0 saturated carbocycles. The van der Waals surface area contributed by atoms with Crippen molar-refractivity contribution in [1.82, 2.24) is 19.3 Å². The van der Waals surface area contributed by atoms with Crippen LogP contribution in [-0.2, 0) is 10.2 Å². The molecule has 1 fully saturated rings. The number of hydrogen-bond donors (Lipinski definition) is 2. The number of aromatic nitrogens is 3. The highest BCUT2D eigenvalue weighted by Gasteiger charge is 2.40. The van der Waals surface area contributed by atoms with Gasteiger partial charge in [-0.05, 0) is 24.8 Å². The van der Waals surface area contributed by atoms with Crippen LogP contribution in [-0.4, -0.2) is 49.8 Å². The average Bonchev–Trinajstić information content (AvgIpc) is 2.79. The summed E-state index contributed by atoms with van der Waals surface area (Å²) in [5, 5.41) is 9.51. The molecule has 0 spiro atoms. The van der Waals surface area contributed by atoms with Crippen LogP contribution in [0.4, 0.5) is 5.82 Å². The zero-order valence-electron chi connectivity index (χ0n) is 15.8. The van der Waals surface area contributed by atoms with Gasteiger partial charge in [-0.25, -0.2) is 14.8 Å². The van der Waals surface area contributed by atoms with Gasteiger partial charge < -0.3 is 9.64 Å². The fraction of sp³-hybridized carbons (Fsp3) is 0.625. The zero-order chi connectivity index (χ0) is 19.3. The smallest absolute Gasteiger partial charge is 0.274 e. The number of nitrogens with zero attached hydrogens (tertiary/aromatic N) is 4. The van der Waals surface area contributed by atoms with E-state index in [0.29, 0.717) is 24.2 Å². The van der Waals surface area contributed by atoms with Gasteiger partial charge in [0, 0.05) is 31.6 Å². The maximum absolute atomic E-state index is 11.2. The number of aryl methyl sites for hydroxylation is 2. The number of rotatable bonds is 6. The van der Waals surface area contributed by atoms with E-state index in [1.165, 1.54) is 0 Å². The molecular formula is C16H26N6O3S. The standard InChI is InChI=1S/C16H26N6O3S/c1-10-6-13(25-5)22-14(10)15(19-11(2)20-22)21-7-12(8-21)16(3,4)9-18-26(17,23)24/h6,12,18H,7-9H2,1-5H3,(H2,17,23,24). The lowest BCUT2D eigenvalue weighted by Crippen LogP contribution is -2.56. The summed E-state index contributed by atoms with van der Waals surface area (Å²) in [4.78, 5) is 6.83. The van der Waals surface area contributed by atoms with Crippen LogP contribution >= 0.6 is 0 Å². The van der Waals surface area contributed by atoms with Gasteiger partial charge in [-0.15, -0.1) is 5.10 Å². The molecule has 3 rings (SSSR count). The molecule has 1 saturated heterocycles. The summed E-state index contributed by atoms with van der Waals surface area (Å²) in [6.45, 7) is 9.84. The molecule has 0 amide bonds. The number of methoxy groups -OCH3 is 1. The Morgan fingerprint density at radius 2 is 2.04 bits per heavy atom. The molecular weight excluding hydrogens is 356 g/mol. The highest BCUT2D eigenvalue weighted by molar-refractivity contribution is 7.87. The van der Waals surface area contributed by atoms with Crippen molar-refractivity contribution in [2.45, 2.75) is 27.7 Å². The van der Waals surface area contributed by atoms with E-state index in [-0.39, 0.29) is 5.41 Å².